The van der Waals surface area contributed by atoms with E-state index in [9.17, 15) is 10.2 Å². The van der Waals surface area contributed by atoms with Gasteiger partial charge in [-0.25, -0.2) is 0 Å². The summed E-state index contributed by atoms with van der Waals surface area (Å²) >= 11 is 0. The van der Waals surface area contributed by atoms with Crippen LogP contribution in [0.4, 0.5) is 5.69 Å². The second kappa shape index (κ2) is 2.81. The minimum Gasteiger partial charge on any atom is -0.505 e. The van der Waals surface area contributed by atoms with Gasteiger partial charge >= 0.3 is 0 Å². The van der Waals surface area contributed by atoms with E-state index in [4.69, 9.17) is 10.5 Å². The topological polar surface area (TPSA) is 75.7 Å². The summed E-state index contributed by atoms with van der Waals surface area (Å²) in [6, 6.07) is 1.39. The molecule has 1 aromatic carbocycles. The van der Waals surface area contributed by atoms with Crippen molar-refractivity contribution in [2.75, 3.05) is 12.8 Å². The van der Waals surface area contributed by atoms with Crippen molar-refractivity contribution in [2.24, 2.45) is 0 Å². The fourth-order valence-corrected chi connectivity index (χ4v) is 1.01. The van der Waals surface area contributed by atoms with E-state index in [-0.39, 0.29) is 22.9 Å². The van der Waals surface area contributed by atoms with E-state index >= 15 is 0 Å². The average molecular weight is 169 g/mol. The minimum atomic E-state index is -0.0645. The molecule has 0 heterocycles. The van der Waals surface area contributed by atoms with Gasteiger partial charge in [0.15, 0.2) is 11.5 Å². The van der Waals surface area contributed by atoms with Crippen molar-refractivity contribution in [1.29, 1.82) is 0 Å². The molecule has 0 aliphatic carbocycles. The van der Waals surface area contributed by atoms with Crippen molar-refractivity contribution in [3.63, 3.8) is 0 Å². The van der Waals surface area contributed by atoms with E-state index in [2.05, 4.69) is 0 Å². The zero-order valence-corrected chi connectivity index (χ0v) is 6.96. The first-order chi connectivity index (χ1) is 5.57. The zero-order chi connectivity index (χ0) is 9.30. The summed E-state index contributed by atoms with van der Waals surface area (Å²) in [6.45, 7) is 1.64. The van der Waals surface area contributed by atoms with Crippen molar-refractivity contribution >= 4 is 5.69 Å². The van der Waals surface area contributed by atoms with Gasteiger partial charge in [-0.2, -0.15) is 0 Å². The molecule has 0 bridgehead atoms. The number of aryl methyl sites for hydroxylation is 1. The average Bonchev–Trinajstić information content (AvgIpc) is 2.01. The summed E-state index contributed by atoms with van der Waals surface area (Å²) in [4.78, 5) is 0. The molecule has 1 rings (SSSR count). The van der Waals surface area contributed by atoms with Crippen LogP contribution in [0.1, 0.15) is 5.56 Å². The highest BCUT2D eigenvalue weighted by molar-refractivity contribution is 5.70. The number of methoxy groups -OCH3 is 1. The highest BCUT2D eigenvalue weighted by Gasteiger charge is 2.12. The number of anilines is 1. The quantitative estimate of drug-likeness (QED) is 0.333. The van der Waals surface area contributed by atoms with Crippen molar-refractivity contribution < 1.29 is 14.9 Å². The molecule has 0 saturated carbocycles. The molecule has 0 amide bonds. The van der Waals surface area contributed by atoms with E-state index < -0.39 is 0 Å². The van der Waals surface area contributed by atoms with Crippen LogP contribution >= 0.6 is 0 Å². The van der Waals surface area contributed by atoms with Crippen LogP contribution in [0.15, 0.2) is 6.07 Å². The number of nitrogen functional groups attached to an aromatic ring is 1. The maximum Gasteiger partial charge on any atom is 0.187 e. The van der Waals surface area contributed by atoms with Gasteiger partial charge in [-0.05, 0) is 18.6 Å². The lowest BCUT2D eigenvalue weighted by atomic mass is 10.1. The molecule has 0 fully saturated rings. The van der Waals surface area contributed by atoms with Gasteiger partial charge < -0.3 is 20.7 Å². The first-order valence-electron chi connectivity index (χ1n) is 3.43. The lowest BCUT2D eigenvalue weighted by molar-refractivity contribution is 0.370. The third kappa shape index (κ3) is 1.11. The summed E-state index contributed by atoms with van der Waals surface area (Å²) in [7, 11) is 1.38. The van der Waals surface area contributed by atoms with Gasteiger partial charge in [-0.3, -0.25) is 0 Å². The first-order valence-corrected chi connectivity index (χ1v) is 3.43. The van der Waals surface area contributed by atoms with Crippen LogP contribution in [0.3, 0.4) is 0 Å². The van der Waals surface area contributed by atoms with Crippen molar-refractivity contribution in [3.05, 3.63) is 11.6 Å². The first kappa shape index (κ1) is 8.52. The fraction of sp³-hybridized carbons (Fsp3) is 0.250. The molecule has 0 aliphatic heterocycles. The smallest absolute Gasteiger partial charge is 0.187 e. The van der Waals surface area contributed by atoms with Gasteiger partial charge in [0.25, 0.3) is 0 Å². The Balaban J connectivity index is 3.40. The maximum atomic E-state index is 9.33. The maximum absolute atomic E-state index is 9.33. The van der Waals surface area contributed by atoms with E-state index in [0.29, 0.717) is 5.56 Å². The molecule has 0 atom stereocenters. The second-order valence-corrected chi connectivity index (χ2v) is 2.51. The lowest BCUT2D eigenvalue weighted by Gasteiger charge is -2.09. The molecule has 0 aromatic heterocycles. The second-order valence-electron chi connectivity index (χ2n) is 2.51. The van der Waals surface area contributed by atoms with Crippen LogP contribution in [0, 0.1) is 6.92 Å². The number of benzene rings is 1. The minimum absolute atomic E-state index is 0.0512. The van der Waals surface area contributed by atoms with Crippen molar-refractivity contribution in [1.82, 2.24) is 0 Å². The number of ether oxygens (including phenoxy) is 1. The van der Waals surface area contributed by atoms with Crippen LogP contribution in [0.25, 0.3) is 0 Å². The van der Waals surface area contributed by atoms with Crippen LogP contribution in [0.2, 0.25) is 0 Å². The number of hydrogen-bond acceptors (Lipinski definition) is 4. The van der Waals surface area contributed by atoms with E-state index in [1.165, 1.54) is 13.2 Å². The summed E-state index contributed by atoms with van der Waals surface area (Å²) in [5.41, 5.74) is 6.04. The van der Waals surface area contributed by atoms with E-state index in [1.54, 1.807) is 6.92 Å². The Morgan fingerprint density at radius 3 is 2.50 bits per heavy atom. The van der Waals surface area contributed by atoms with Gasteiger partial charge in [-0.15, -0.1) is 0 Å². The Kier molecular flexibility index (Phi) is 1.99. The molecule has 0 unspecified atom stereocenters. The molecular formula is C8H11NO3. The molecule has 0 saturated heterocycles. The normalized spacial score (nSPS) is 9.83. The van der Waals surface area contributed by atoms with E-state index in [1.807, 2.05) is 0 Å². The highest BCUT2D eigenvalue weighted by Crippen LogP contribution is 2.40. The molecule has 0 spiro atoms. The molecule has 4 N–H and O–H groups in total. The van der Waals surface area contributed by atoms with Gasteiger partial charge in [0.2, 0.25) is 0 Å². The molecule has 0 radical (unpaired) electrons. The summed E-state index contributed by atoms with van der Waals surface area (Å²) in [6.07, 6.45) is 0. The van der Waals surface area contributed by atoms with Crippen LogP contribution in [0.5, 0.6) is 17.2 Å². The molecule has 1 aromatic rings. The predicted molar refractivity (Wildman–Crippen MR) is 45.5 cm³/mol. The third-order valence-corrected chi connectivity index (χ3v) is 1.66. The molecule has 66 valence electrons. The molecule has 12 heavy (non-hydrogen) atoms. The monoisotopic (exact) mass is 169 g/mol. The van der Waals surface area contributed by atoms with Gasteiger partial charge in [0.05, 0.1) is 7.11 Å². The van der Waals surface area contributed by atoms with E-state index in [0.717, 1.165) is 0 Å². The lowest BCUT2D eigenvalue weighted by Crippen LogP contribution is -1.94. The van der Waals surface area contributed by atoms with Gasteiger partial charge in [0.1, 0.15) is 11.4 Å². The van der Waals surface area contributed by atoms with Crippen molar-refractivity contribution in [3.8, 4) is 17.2 Å². The van der Waals surface area contributed by atoms with Gasteiger partial charge in [0, 0.05) is 0 Å². The highest BCUT2D eigenvalue weighted by atomic mass is 16.5. The van der Waals surface area contributed by atoms with Crippen molar-refractivity contribution in [2.45, 2.75) is 6.92 Å². The number of aromatic hydroxyl groups is 2. The number of phenolic OH excluding ortho intramolecular Hbond substituents is 2. The summed E-state index contributed by atoms with van der Waals surface area (Å²) in [5, 5.41) is 18.6. The number of rotatable bonds is 1. The standard InChI is InChI=1S/C8H11NO3/c1-4-3-5(10)8(12-2)6(9)7(4)11/h3,10-11H,9H2,1-2H3. The van der Waals surface area contributed by atoms with Gasteiger partial charge in [-0.1, -0.05) is 0 Å². The molecule has 4 heteroatoms. The third-order valence-electron chi connectivity index (χ3n) is 1.66. The Labute approximate surface area is 70.2 Å². The Bertz CT molecular complexity index is 310. The number of phenols is 2. The summed E-state index contributed by atoms with van der Waals surface area (Å²) < 4.78 is 4.78. The fourth-order valence-electron chi connectivity index (χ4n) is 1.01. The Morgan fingerprint density at radius 2 is 2.00 bits per heavy atom. The van der Waals surface area contributed by atoms with Crippen LogP contribution < -0.4 is 10.5 Å². The molecule has 0 aliphatic rings. The van der Waals surface area contributed by atoms with Crippen LogP contribution in [-0.2, 0) is 0 Å². The SMILES string of the molecule is COc1c(O)cc(C)c(O)c1N. The number of hydrogen-bond donors (Lipinski definition) is 3. The number of nitrogens with two attached hydrogens (primary N) is 1. The predicted octanol–water partition coefficient (Wildman–Crippen LogP) is 0.997. The summed E-state index contributed by atoms with van der Waals surface area (Å²) in [5.74, 6) is -0.00644. The Morgan fingerprint density at radius 1 is 1.42 bits per heavy atom. The Hall–Kier alpha value is -1.58. The zero-order valence-electron chi connectivity index (χ0n) is 6.96. The molecular weight excluding hydrogens is 158 g/mol. The van der Waals surface area contributed by atoms with Crippen LogP contribution in [-0.4, -0.2) is 17.3 Å². The molecule has 4 nitrogen and oxygen atoms in total. The largest absolute Gasteiger partial charge is 0.505 e.